The van der Waals surface area contributed by atoms with Gasteiger partial charge in [-0.05, 0) is 34.0 Å². The lowest BCUT2D eigenvalue weighted by Gasteiger charge is -2.23. The normalized spacial score (nSPS) is 13.2. The molecular weight excluding hydrogens is 305 g/mol. The molecule has 2 nitrogen and oxygen atoms in total. The van der Waals surface area contributed by atoms with Gasteiger partial charge in [0.2, 0.25) is 0 Å². The van der Waals surface area contributed by atoms with Crippen molar-refractivity contribution in [1.29, 1.82) is 0 Å². The number of phenols is 2. The molecule has 3 aromatic rings. The Hall–Kier alpha value is -2.69. The van der Waals surface area contributed by atoms with Crippen molar-refractivity contribution in [3.8, 4) is 11.5 Å². The Morgan fingerprint density at radius 2 is 1.43 bits per heavy atom. The first-order valence-electron chi connectivity index (χ1n) is 6.94. The van der Waals surface area contributed by atoms with Gasteiger partial charge in [0.15, 0.2) is 11.5 Å². The molecule has 0 bridgehead atoms. The third-order valence-corrected chi connectivity index (χ3v) is 3.78. The van der Waals surface area contributed by atoms with E-state index in [-0.39, 0.29) is 22.3 Å². The molecule has 0 aromatic heterocycles. The fourth-order valence-electron chi connectivity index (χ4n) is 2.77. The van der Waals surface area contributed by atoms with E-state index < -0.39 is 17.8 Å². The SMILES string of the molecule is Oc1cc2cccc(C(c3ccccc3)C(F)(F)F)c2cc1O. The van der Waals surface area contributed by atoms with Crippen LogP contribution in [-0.2, 0) is 0 Å². The summed E-state index contributed by atoms with van der Waals surface area (Å²) >= 11 is 0. The molecule has 0 aliphatic rings. The van der Waals surface area contributed by atoms with Crippen molar-refractivity contribution in [3.05, 3.63) is 71.8 Å². The predicted molar refractivity (Wildman–Crippen MR) is 81.6 cm³/mol. The molecule has 23 heavy (non-hydrogen) atoms. The molecule has 0 aliphatic heterocycles. The lowest BCUT2D eigenvalue weighted by Crippen LogP contribution is -2.22. The van der Waals surface area contributed by atoms with Gasteiger partial charge in [0, 0.05) is 0 Å². The zero-order chi connectivity index (χ0) is 16.6. The third kappa shape index (κ3) is 2.82. The van der Waals surface area contributed by atoms with Gasteiger partial charge in [0.1, 0.15) is 5.92 Å². The smallest absolute Gasteiger partial charge is 0.399 e. The average molecular weight is 318 g/mol. The third-order valence-electron chi connectivity index (χ3n) is 3.78. The number of fused-ring (bicyclic) bond motifs is 1. The van der Waals surface area contributed by atoms with Crippen LogP contribution in [0.15, 0.2) is 60.7 Å². The predicted octanol–water partition coefficient (Wildman–Crippen LogP) is 4.95. The van der Waals surface area contributed by atoms with Crippen molar-refractivity contribution < 1.29 is 23.4 Å². The van der Waals surface area contributed by atoms with Crippen LogP contribution < -0.4 is 0 Å². The van der Waals surface area contributed by atoms with Gasteiger partial charge >= 0.3 is 6.18 Å². The summed E-state index contributed by atoms with van der Waals surface area (Å²) in [4.78, 5) is 0. The van der Waals surface area contributed by atoms with Gasteiger partial charge in [-0.2, -0.15) is 13.2 Å². The summed E-state index contributed by atoms with van der Waals surface area (Å²) in [7, 11) is 0. The lowest BCUT2D eigenvalue weighted by atomic mass is 9.87. The van der Waals surface area contributed by atoms with Crippen LogP contribution in [0.1, 0.15) is 17.0 Å². The second-order valence-corrected chi connectivity index (χ2v) is 5.29. The maximum atomic E-state index is 13.7. The molecule has 0 aliphatic carbocycles. The Morgan fingerprint density at radius 1 is 0.783 bits per heavy atom. The first kappa shape index (κ1) is 15.2. The Kier molecular flexibility index (Phi) is 3.64. The largest absolute Gasteiger partial charge is 0.504 e. The highest BCUT2D eigenvalue weighted by atomic mass is 19.4. The Bertz CT molecular complexity index is 842. The number of halogens is 3. The highest BCUT2D eigenvalue weighted by Gasteiger charge is 2.42. The first-order valence-corrected chi connectivity index (χ1v) is 6.94. The summed E-state index contributed by atoms with van der Waals surface area (Å²) in [5.74, 6) is -2.62. The maximum Gasteiger partial charge on any atom is 0.399 e. The average Bonchev–Trinajstić information content (AvgIpc) is 2.49. The number of phenolic OH excluding ortho intramolecular Hbond substituents is 2. The van der Waals surface area contributed by atoms with Crippen molar-refractivity contribution in [2.45, 2.75) is 12.1 Å². The van der Waals surface area contributed by atoms with Gasteiger partial charge in [-0.3, -0.25) is 0 Å². The van der Waals surface area contributed by atoms with Crippen molar-refractivity contribution in [1.82, 2.24) is 0 Å². The van der Waals surface area contributed by atoms with E-state index in [1.54, 1.807) is 24.3 Å². The standard InChI is InChI=1S/C18H13F3O2/c19-18(20,21)17(11-5-2-1-3-6-11)13-8-4-7-12-9-15(22)16(23)10-14(12)13/h1-10,17,22-23H. The van der Waals surface area contributed by atoms with E-state index in [1.165, 1.54) is 36.4 Å². The summed E-state index contributed by atoms with van der Waals surface area (Å²) in [6.45, 7) is 0. The number of hydrogen-bond donors (Lipinski definition) is 2. The Morgan fingerprint density at radius 3 is 2.09 bits per heavy atom. The van der Waals surface area contributed by atoms with Crippen LogP contribution in [0.5, 0.6) is 11.5 Å². The summed E-state index contributed by atoms with van der Waals surface area (Å²) < 4.78 is 41.1. The van der Waals surface area contributed by atoms with Gasteiger partial charge in [-0.15, -0.1) is 0 Å². The molecule has 0 saturated heterocycles. The highest BCUT2D eigenvalue weighted by molar-refractivity contribution is 5.89. The zero-order valence-electron chi connectivity index (χ0n) is 11.9. The zero-order valence-corrected chi connectivity index (χ0v) is 11.9. The monoisotopic (exact) mass is 318 g/mol. The van der Waals surface area contributed by atoms with E-state index in [2.05, 4.69) is 0 Å². The number of alkyl halides is 3. The van der Waals surface area contributed by atoms with Crippen molar-refractivity contribution in [3.63, 3.8) is 0 Å². The van der Waals surface area contributed by atoms with Crippen LogP contribution in [0.3, 0.4) is 0 Å². The topological polar surface area (TPSA) is 40.5 Å². The number of aromatic hydroxyl groups is 2. The molecule has 3 aromatic carbocycles. The van der Waals surface area contributed by atoms with E-state index in [4.69, 9.17) is 0 Å². The minimum Gasteiger partial charge on any atom is -0.504 e. The summed E-state index contributed by atoms with van der Waals surface area (Å²) in [5, 5.41) is 19.9. The minimum atomic E-state index is -4.48. The fraction of sp³-hybridized carbons (Fsp3) is 0.111. The van der Waals surface area contributed by atoms with Crippen LogP contribution in [-0.4, -0.2) is 16.4 Å². The van der Waals surface area contributed by atoms with E-state index >= 15 is 0 Å². The summed E-state index contributed by atoms with van der Waals surface area (Å²) in [6, 6.07) is 14.5. The van der Waals surface area contributed by atoms with Gasteiger partial charge < -0.3 is 10.2 Å². The van der Waals surface area contributed by atoms with Gasteiger partial charge in [0.25, 0.3) is 0 Å². The fourth-order valence-corrected chi connectivity index (χ4v) is 2.77. The maximum absolute atomic E-state index is 13.7. The van der Waals surface area contributed by atoms with E-state index in [1.807, 2.05) is 0 Å². The Labute approximate surface area is 130 Å². The molecule has 0 spiro atoms. The van der Waals surface area contributed by atoms with Crippen LogP contribution in [0, 0.1) is 0 Å². The quantitative estimate of drug-likeness (QED) is 0.657. The molecule has 0 heterocycles. The molecule has 118 valence electrons. The lowest BCUT2D eigenvalue weighted by molar-refractivity contribution is -0.140. The second-order valence-electron chi connectivity index (χ2n) is 5.29. The van der Waals surface area contributed by atoms with Gasteiger partial charge in [-0.25, -0.2) is 0 Å². The molecule has 1 atom stereocenters. The highest BCUT2D eigenvalue weighted by Crippen LogP contribution is 2.44. The van der Waals surface area contributed by atoms with Crippen LogP contribution in [0.4, 0.5) is 13.2 Å². The molecule has 3 rings (SSSR count). The minimum absolute atomic E-state index is 0.0384. The van der Waals surface area contributed by atoms with E-state index in [0.29, 0.717) is 5.39 Å². The first-order chi connectivity index (χ1) is 10.9. The van der Waals surface area contributed by atoms with E-state index in [0.717, 1.165) is 0 Å². The molecule has 0 amide bonds. The number of benzene rings is 3. The van der Waals surface area contributed by atoms with Crippen LogP contribution in [0.2, 0.25) is 0 Å². The van der Waals surface area contributed by atoms with Crippen molar-refractivity contribution >= 4 is 10.8 Å². The molecule has 5 heteroatoms. The van der Waals surface area contributed by atoms with Gasteiger partial charge in [0.05, 0.1) is 0 Å². The molecule has 0 radical (unpaired) electrons. The molecule has 0 saturated carbocycles. The molecule has 0 fully saturated rings. The summed E-state index contributed by atoms with van der Waals surface area (Å²) in [5.41, 5.74) is 0.163. The molecule has 1 unspecified atom stereocenters. The van der Waals surface area contributed by atoms with Crippen molar-refractivity contribution in [2.24, 2.45) is 0 Å². The number of hydrogen-bond acceptors (Lipinski definition) is 2. The number of rotatable bonds is 2. The van der Waals surface area contributed by atoms with Crippen LogP contribution in [0.25, 0.3) is 10.8 Å². The Balaban J connectivity index is 2.29. The summed E-state index contributed by atoms with van der Waals surface area (Å²) in [6.07, 6.45) is -4.48. The van der Waals surface area contributed by atoms with Crippen LogP contribution >= 0.6 is 0 Å². The molecule has 2 N–H and O–H groups in total. The van der Waals surface area contributed by atoms with Gasteiger partial charge in [-0.1, -0.05) is 48.5 Å². The van der Waals surface area contributed by atoms with Crippen molar-refractivity contribution in [2.75, 3.05) is 0 Å². The van der Waals surface area contributed by atoms with E-state index in [9.17, 15) is 23.4 Å². The second kappa shape index (κ2) is 5.50. The molecular formula is C18H13F3O2.